The first-order chi connectivity index (χ1) is 15.2. The molecule has 0 unspecified atom stereocenters. The van der Waals surface area contributed by atoms with Crippen LogP contribution in [0.5, 0.6) is 0 Å². The fraction of sp³-hybridized carbons (Fsp3) is 0.240. The number of rotatable bonds is 5. The Morgan fingerprint density at radius 3 is 2.52 bits per heavy atom. The van der Waals surface area contributed by atoms with Crippen LogP contribution in [0.3, 0.4) is 0 Å². The van der Waals surface area contributed by atoms with Gasteiger partial charge in [0.25, 0.3) is 5.56 Å². The van der Waals surface area contributed by atoms with E-state index in [1.54, 1.807) is 41.1 Å². The topological polar surface area (TPSA) is 61.9 Å². The van der Waals surface area contributed by atoms with Gasteiger partial charge in [0.15, 0.2) is 0 Å². The van der Waals surface area contributed by atoms with Gasteiger partial charge >= 0.3 is 0 Å². The van der Waals surface area contributed by atoms with E-state index in [1.165, 1.54) is 18.6 Å². The Hall–Kier alpha value is -3.72. The molecule has 0 saturated carbocycles. The molecule has 3 aromatic rings. The van der Waals surface area contributed by atoms with Gasteiger partial charge in [-0.3, -0.25) is 9.36 Å². The summed E-state index contributed by atoms with van der Waals surface area (Å²) in [5.41, 5.74) is 2.40. The lowest BCUT2D eigenvalue weighted by molar-refractivity contribution is 0.551. The predicted octanol–water partition coefficient (Wildman–Crippen LogP) is 4.46. The van der Waals surface area contributed by atoms with Crippen molar-refractivity contribution >= 4 is 18.1 Å². The Labute approximate surface area is 180 Å². The highest BCUT2D eigenvalue weighted by molar-refractivity contribution is 5.69. The maximum Gasteiger partial charge on any atom is 0.262 e. The summed E-state index contributed by atoms with van der Waals surface area (Å²) in [6, 6.07) is 15.6. The van der Waals surface area contributed by atoms with Gasteiger partial charge in [-0.1, -0.05) is 36.4 Å². The number of hydrogen-bond donors (Lipinski definition) is 0. The number of nitriles is 1. The van der Waals surface area contributed by atoms with E-state index in [1.807, 2.05) is 18.2 Å². The van der Waals surface area contributed by atoms with Gasteiger partial charge in [0.1, 0.15) is 5.82 Å². The van der Waals surface area contributed by atoms with Crippen LogP contribution in [0.15, 0.2) is 59.5 Å². The molecule has 1 saturated heterocycles. The lowest BCUT2D eigenvalue weighted by Gasteiger charge is -2.29. The zero-order valence-corrected chi connectivity index (χ0v) is 17.2. The smallest absolute Gasteiger partial charge is 0.262 e. The Morgan fingerprint density at radius 1 is 1.03 bits per heavy atom. The minimum absolute atomic E-state index is 0.165. The Morgan fingerprint density at radius 2 is 1.77 bits per heavy atom. The lowest BCUT2D eigenvalue weighted by Crippen LogP contribution is -2.37. The van der Waals surface area contributed by atoms with E-state index in [9.17, 15) is 14.4 Å². The molecule has 6 heteroatoms. The maximum absolute atomic E-state index is 13.4. The first-order valence-corrected chi connectivity index (χ1v) is 10.4. The number of nitrogens with zero attached hydrogens (tertiary/aromatic N) is 4. The molecule has 1 aliphatic rings. The standard InChI is InChI=1S/C25H23FN4O/c26-23-12-9-19(10-13-23)8-11-21-17-28-25(29-14-4-1-5-15-29)30(24(21)31)18-22-7-3-2-6-20(22)16-27/h2-3,6-13,17H,1,4-5,14-15,18H2/b11-8+. The van der Waals surface area contributed by atoms with Crippen LogP contribution < -0.4 is 10.5 Å². The fourth-order valence-electron chi connectivity index (χ4n) is 3.80. The van der Waals surface area contributed by atoms with Crippen molar-refractivity contribution in [1.29, 1.82) is 5.26 Å². The molecule has 0 spiro atoms. The average molecular weight is 414 g/mol. The molecule has 2 aromatic carbocycles. The van der Waals surface area contributed by atoms with E-state index >= 15 is 0 Å². The second-order valence-corrected chi connectivity index (χ2v) is 7.61. The van der Waals surface area contributed by atoms with Crippen molar-refractivity contribution < 1.29 is 4.39 Å². The first kappa shape index (κ1) is 20.5. The van der Waals surface area contributed by atoms with E-state index in [4.69, 9.17) is 0 Å². The lowest BCUT2D eigenvalue weighted by atomic mass is 10.1. The van der Waals surface area contributed by atoms with Gasteiger partial charge in [0.2, 0.25) is 5.95 Å². The number of hydrogen-bond acceptors (Lipinski definition) is 4. The predicted molar refractivity (Wildman–Crippen MR) is 120 cm³/mol. The molecule has 1 aliphatic heterocycles. The van der Waals surface area contributed by atoms with Crippen LogP contribution in [0.4, 0.5) is 10.3 Å². The van der Waals surface area contributed by atoms with Crippen LogP contribution in [0.25, 0.3) is 12.2 Å². The third-order valence-electron chi connectivity index (χ3n) is 5.48. The molecule has 0 aliphatic carbocycles. The molecule has 2 heterocycles. The molecule has 0 amide bonds. The Kier molecular flexibility index (Phi) is 6.23. The molecule has 1 fully saturated rings. The van der Waals surface area contributed by atoms with Crippen molar-refractivity contribution in [3.05, 3.63) is 93.2 Å². The van der Waals surface area contributed by atoms with E-state index in [0.717, 1.165) is 37.1 Å². The molecular formula is C25H23FN4O. The van der Waals surface area contributed by atoms with Gasteiger partial charge in [-0.25, -0.2) is 9.37 Å². The highest BCUT2D eigenvalue weighted by Gasteiger charge is 2.19. The van der Waals surface area contributed by atoms with Crippen LogP contribution in [0.1, 0.15) is 41.5 Å². The molecule has 5 nitrogen and oxygen atoms in total. The summed E-state index contributed by atoms with van der Waals surface area (Å²) in [7, 11) is 0. The third-order valence-corrected chi connectivity index (χ3v) is 5.48. The number of anilines is 1. The van der Waals surface area contributed by atoms with E-state index in [2.05, 4.69) is 16.0 Å². The van der Waals surface area contributed by atoms with Gasteiger partial charge < -0.3 is 4.90 Å². The molecule has 0 bridgehead atoms. The largest absolute Gasteiger partial charge is 0.342 e. The van der Waals surface area contributed by atoms with E-state index in [-0.39, 0.29) is 17.9 Å². The first-order valence-electron chi connectivity index (χ1n) is 10.4. The highest BCUT2D eigenvalue weighted by Crippen LogP contribution is 2.19. The molecule has 0 atom stereocenters. The van der Waals surface area contributed by atoms with Crippen molar-refractivity contribution in [2.45, 2.75) is 25.8 Å². The van der Waals surface area contributed by atoms with Crippen LogP contribution >= 0.6 is 0 Å². The summed E-state index contributed by atoms with van der Waals surface area (Å²) in [6.45, 7) is 1.99. The minimum atomic E-state index is -0.303. The van der Waals surface area contributed by atoms with Crippen molar-refractivity contribution in [3.63, 3.8) is 0 Å². The van der Waals surface area contributed by atoms with E-state index < -0.39 is 0 Å². The number of aromatic nitrogens is 2. The van der Waals surface area contributed by atoms with Crippen molar-refractivity contribution in [2.75, 3.05) is 18.0 Å². The zero-order chi connectivity index (χ0) is 21.6. The van der Waals surface area contributed by atoms with Gasteiger partial charge in [-0.2, -0.15) is 5.26 Å². The summed E-state index contributed by atoms with van der Waals surface area (Å²) < 4.78 is 14.8. The number of halogens is 1. The second kappa shape index (κ2) is 9.40. The summed E-state index contributed by atoms with van der Waals surface area (Å²) in [6.07, 6.45) is 8.38. The molecule has 4 rings (SSSR count). The fourth-order valence-corrected chi connectivity index (χ4v) is 3.80. The van der Waals surface area contributed by atoms with Crippen molar-refractivity contribution in [1.82, 2.24) is 9.55 Å². The monoisotopic (exact) mass is 414 g/mol. The molecule has 0 N–H and O–H groups in total. The second-order valence-electron chi connectivity index (χ2n) is 7.61. The summed E-state index contributed by atoms with van der Waals surface area (Å²) in [5.74, 6) is 0.333. The van der Waals surface area contributed by atoms with Gasteiger partial charge in [0.05, 0.1) is 23.7 Å². The summed E-state index contributed by atoms with van der Waals surface area (Å²) in [4.78, 5) is 20.2. The maximum atomic E-state index is 13.4. The van der Waals surface area contributed by atoms with E-state index in [0.29, 0.717) is 17.1 Å². The molecule has 0 radical (unpaired) electrons. The van der Waals surface area contributed by atoms with Crippen molar-refractivity contribution in [3.8, 4) is 6.07 Å². The Balaban J connectivity index is 1.74. The molecule has 1 aromatic heterocycles. The SMILES string of the molecule is N#Cc1ccccc1Cn1c(N2CCCCC2)ncc(/C=C/c2ccc(F)cc2)c1=O. The number of piperidine rings is 1. The quantitative estimate of drug-likeness (QED) is 0.618. The van der Waals surface area contributed by atoms with Gasteiger partial charge in [-0.15, -0.1) is 0 Å². The Bertz CT molecular complexity index is 1190. The van der Waals surface area contributed by atoms with Crippen LogP contribution in [0.2, 0.25) is 0 Å². The average Bonchev–Trinajstić information content (AvgIpc) is 2.81. The van der Waals surface area contributed by atoms with Crippen LogP contribution in [-0.4, -0.2) is 22.6 Å². The normalized spacial score (nSPS) is 14.0. The molecule has 31 heavy (non-hydrogen) atoms. The summed E-state index contributed by atoms with van der Waals surface area (Å²) in [5, 5.41) is 9.47. The zero-order valence-electron chi connectivity index (χ0n) is 17.2. The van der Waals surface area contributed by atoms with Gasteiger partial charge in [0, 0.05) is 19.3 Å². The molecule has 156 valence electrons. The minimum Gasteiger partial charge on any atom is -0.342 e. The third kappa shape index (κ3) is 4.72. The summed E-state index contributed by atoms with van der Waals surface area (Å²) >= 11 is 0. The van der Waals surface area contributed by atoms with Crippen LogP contribution in [-0.2, 0) is 6.54 Å². The molecular weight excluding hydrogens is 391 g/mol. The van der Waals surface area contributed by atoms with Gasteiger partial charge in [-0.05, 0) is 54.7 Å². The highest BCUT2D eigenvalue weighted by atomic mass is 19.1. The van der Waals surface area contributed by atoms with Crippen LogP contribution in [0, 0.1) is 17.1 Å². The number of benzene rings is 2. The van der Waals surface area contributed by atoms with Crippen molar-refractivity contribution in [2.24, 2.45) is 0 Å².